The monoisotopic (exact) mass is 536 g/mol. The summed E-state index contributed by atoms with van der Waals surface area (Å²) in [5.41, 5.74) is 3.24. The van der Waals surface area contributed by atoms with Crippen molar-refractivity contribution in [2.24, 2.45) is 0 Å². The predicted molar refractivity (Wildman–Crippen MR) is 151 cm³/mol. The number of ether oxygens (including phenoxy) is 3. The molecule has 0 aromatic heterocycles. The fourth-order valence-electron chi connectivity index (χ4n) is 5.81. The molecule has 2 aliphatic heterocycles. The largest absolute Gasteiger partial charge is 0.497 e. The van der Waals surface area contributed by atoms with Gasteiger partial charge in [0.2, 0.25) is 5.91 Å². The number of allylic oxidation sites excluding steroid dienone is 1. The molecule has 3 amide bonds. The fraction of sp³-hybridized carbons (Fsp3) is 0.467. The van der Waals surface area contributed by atoms with E-state index in [1.165, 1.54) is 0 Å². The number of likely N-dealkylation sites (N-methyl/N-ethyl adjacent to an activating group) is 1. The summed E-state index contributed by atoms with van der Waals surface area (Å²) in [4.78, 5) is 29.9. The maximum absolute atomic E-state index is 13.1. The van der Waals surface area contributed by atoms with E-state index in [0.29, 0.717) is 49.7 Å². The van der Waals surface area contributed by atoms with Gasteiger partial charge in [0, 0.05) is 55.0 Å². The van der Waals surface area contributed by atoms with Crippen LogP contribution in [-0.2, 0) is 11.3 Å². The van der Waals surface area contributed by atoms with Crippen molar-refractivity contribution in [3.63, 3.8) is 0 Å². The van der Waals surface area contributed by atoms with Crippen LogP contribution in [0.4, 0.5) is 10.5 Å². The Kier molecular flexibility index (Phi) is 8.70. The normalized spacial score (nSPS) is 18.4. The molecule has 9 nitrogen and oxygen atoms in total. The summed E-state index contributed by atoms with van der Waals surface area (Å²) in [5.74, 6) is 2.11. The molecule has 1 saturated heterocycles. The number of benzene rings is 2. The lowest BCUT2D eigenvalue weighted by atomic mass is 9.81. The van der Waals surface area contributed by atoms with E-state index in [4.69, 9.17) is 14.2 Å². The molecule has 1 atom stereocenters. The minimum Gasteiger partial charge on any atom is -0.497 e. The molecule has 0 spiro atoms. The van der Waals surface area contributed by atoms with Crippen molar-refractivity contribution in [1.82, 2.24) is 15.1 Å². The Morgan fingerprint density at radius 2 is 1.74 bits per heavy atom. The quantitative estimate of drug-likeness (QED) is 0.531. The van der Waals surface area contributed by atoms with Crippen molar-refractivity contribution < 1.29 is 23.8 Å². The van der Waals surface area contributed by atoms with Crippen LogP contribution in [-0.4, -0.2) is 68.2 Å². The summed E-state index contributed by atoms with van der Waals surface area (Å²) < 4.78 is 16.5. The Balaban J connectivity index is 1.62. The number of urea groups is 1. The van der Waals surface area contributed by atoms with Crippen molar-refractivity contribution in [3.05, 3.63) is 59.3 Å². The summed E-state index contributed by atoms with van der Waals surface area (Å²) in [7, 11) is 4.89. The number of nitrogens with zero attached hydrogens (tertiary/aromatic N) is 2. The number of fused-ring (bicyclic) bond motifs is 1. The second-order valence-corrected chi connectivity index (χ2v) is 10.1. The summed E-state index contributed by atoms with van der Waals surface area (Å²) in [6.07, 6.45) is 3.54. The number of carbonyl (C=O) groups is 2. The first-order valence-corrected chi connectivity index (χ1v) is 13.5. The molecule has 39 heavy (non-hydrogen) atoms. The molecule has 2 heterocycles. The highest BCUT2D eigenvalue weighted by molar-refractivity contribution is 5.89. The maximum atomic E-state index is 13.1. The number of anilines is 1. The molecular formula is C30H40N4O5. The third-order valence-corrected chi connectivity index (χ3v) is 7.75. The molecule has 0 bridgehead atoms. The van der Waals surface area contributed by atoms with E-state index in [-0.39, 0.29) is 17.9 Å². The number of hydrogen-bond donors (Lipinski definition) is 2. The second kappa shape index (κ2) is 12.0. The fourth-order valence-corrected chi connectivity index (χ4v) is 5.81. The van der Waals surface area contributed by atoms with Gasteiger partial charge in [-0.05, 0) is 43.1 Å². The Labute approximate surface area is 231 Å². The lowest BCUT2D eigenvalue weighted by Gasteiger charge is -2.46. The molecular weight excluding hydrogens is 496 g/mol. The molecule has 0 radical (unpaired) electrons. The Morgan fingerprint density at radius 3 is 2.36 bits per heavy atom. The summed E-state index contributed by atoms with van der Waals surface area (Å²) in [5, 5.41) is 6.70. The van der Waals surface area contributed by atoms with Gasteiger partial charge in [-0.15, -0.1) is 0 Å². The molecule has 0 aliphatic carbocycles. The van der Waals surface area contributed by atoms with Crippen molar-refractivity contribution >= 4 is 17.6 Å². The van der Waals surface area contributed by atoms with Crippen LogP contribution < -0.4 is 24.8 Å². The number of amides is 3. The van der Waals surface area contributed by atoms with Crippen molar-refractivity contribution in [2.75, 3.05) is 46.3 Å². The van der Waals surface area contributed by atoms with E-state index in [0.717, 1.165) is 29.1 Å². The molecule has 2 aromatic rings. The Bertz CT molecular complexity index is 1240. The number of nitrogens with one attached hydrogen (secondary N) is 2. The van der Waals surface area contributed by atoms with Crippen molar-refractivity contribution in [1.29, 1.82) is 0 Å². The zero-order valence-electron chi connectivity index (χ0n) is 23.8. The summed E-state index contributed by atoms with van der Waals surface area (Å²) in [6.45, 7) is 8.06. The van der Waals surface area contributed by atoms with Gasteiger partial charge < -0.3 is 34.6 Å². The van der Waals surface area contributed by atoms with Crippen LogP contribution in [0.3, 0.4) is 0 Å². The number of rotatable bonds is 7. The SMILES string of the molecule is CCNC1(C2=CC(C)c3c(cc(OC)cc3OC)CN2C(C)=O)CCN(C(=O)Nc2cccc(OC)c2)CC1. The average Bonchev–Trinajstić information content (AvgIpc) is 3.09. The van der Waals surface area contributed by atoms with Gasteiger partial charge in [-0.1, -0.05) is 26.0 Å². The molecule has 0 saturated carbocycles. The lowest BCUT2D eigenvalue weighted by molar-refractivity contribution is -0.128. The van der Waals surface area contributed by atoms with Gasteiger partial charge in [0.05, 0.1) is 33.4 Å². The van der Waals surface area contributed by atoms with Crippen LogP contribution >= 0.6 is 0 Å². The van der Waals surface area contributed by atoms with Gasteiger partial charge >= 0.3 is 6.03 Å². The molecule has 2 N–H and O–H groups in total. The molecule has 210 valence electrons. The van der Waals surface area contributed by atoms with Gasteiger partial charge in [-0.3, -0.25) is 4.79 Å². The zero-order valence-corrected chi connectivity index (χ0v) is 23.8. The number of methoxy groups -OCH3 is 3. The predicted octanol–water partition coefficient (Wildman–Crippen LogP) is 4.74. The van der Waals surface area contributed by atoms with Gasteiger partial charge in [0.15, 0.2) is 0 Å². The van der Waals surface area contributed by atoms with Crippen LogP contribution in [0.1, 0.15) is 50.7 Å². The number of likely N-dealkylation sites (tertiary alicyclic amines) is 1. The molecule has 2 aliphatic rings. The lowest BCUT2D eigenvalue weighted by Crippen LogP contribution is -2.59. The Morgan fingerprint density at radius 1 is 1.03 bits per heavy atom. The van der Waals surface area contributed by atoms with E-state index >= 15 is 0 Å². The summed E-state index contributed by atoms with van der Waals surface area (Å²) in [6, 6.07) is 11.1. The van der Waals surface area contributed by atoms with E-state index in [1.54, 1.807) is 34.3 Å². The number of piperidine rings is 1. The van der Waals surface area contributed by atoms with E-state index in [2.05, 4.69) is 30.6 Å². The molecule has 9 heteroatoms. The van der Waals surface area contributed by atoms with E-state index < -0.39 is 5.54 Å². The molecule has 1 fully saturated rings. The second-order valence-electron chi connectivity index (χ2n) is 10.1. The standard InChI is InChI=1S/C30H40N4O5/c1-7-31-30(11-13-33(14-12-30)29(36)32-23-9-8-10-24(17-23)37-4)27-15-20(2)28-22(19-34(27)21(3)35)16-25(38-5)18-26(28)39-6/h8-10,15-18,20,31H,7,11-14,19H2,1-6H3,(H,32,36). The maximum Gasteiger partial charge on any atom is 0.321 e. The smallest absolute Gasteiger partial charge is 0.321 e. The molecule has 4 rings (SSSR count). The first kappa shape index (κ1) is 28.3. The van der Waals surface area contributed by atoms with Crippen LogP contribution in [0, 0.1) is 0 Å². The van der Waals surface area contributed by atoms with Crippen molar-refractivity contribution in [2.45, 2.75) is 51.6 Å². The van der Waals surface area contributed by atoms with Crippen LogP contribution in [0.15, 0.2) is 48.2 Å². The first-order chi connectivity index (χ1) is 18.7. The third kappa shape index (κ3) is 5.83. The number of hydrogen-bond acceptors (Lipinski definition) is 6. The van der Waals surface area contributed by atoms with E-state index in [1.807, 2.05) is 40.1 Å². The minimum absolute atomic E-state index is 0.00475. The minimum atomic E-state index is -0.458. The summed E-state index contributed by atoms with van der Waals surface area (Å²) >= 11 is 0. The van der Waals surface area contributed by atoms with Crippen molar-refractivity contribution in [3.8, 4) is 17.2 Å². The van der Waals surface area contributed by atoms with Gasteiger partial charge in [-0.25, -0.2) is 4.79 Å². The van der Waals surface area contributed by atoms with Gasteiger partial charge in [0.1, 0.15) is 17.2 Å². The van der Waals surface area contributed by atoms with Crippen LogP contribution in [0.2, 0.25) is 0 Å². The third-order valence-electron chi connectivity index (χ3n) is 7.75. The van der Waals surface area contributed by atoms with Crippen LogP contribution in [0.5, 0.6) is 17.2 Å². The zero-order chi connectivity index (χ0) is 28.2. The number of carbonyl (C=O) groups excluding carboxylic acids is 2. The van der Waals surface area contributed by atoms with Gasteiger partial charge in [-0.2, -0.15) is 0 Å². The topological polar surface area (TPSA) is 92.4 Å². The van der Waals surface area contributed by atoms with Crippen LogP contribution in [0.25, 0.3) is 0 Å². The molecule has 1 unspecified atom stereocenters. The van der Waals surface area contributed by atoms with E-state index in [9.17, 15) is 9.59 Å². The highest BCUT2D eigenvalue weighted by atomic mass is 16.5. The average molecular weight is 537 g/mol. The highest BCUT2D eigenvalue weighted by Crippen LogP contribution is 2.42. The van der Waals surface area contributed by atoms with Gasteiger partial charge in [0.25, 0.3) is 0 Å². The molecule has 2 aromatic carbocycles. The Hall–Kier alpha value is -3.72. The first-order valence-electron chi connectivity index (χ1n) is 13.5. The highest BCUT2D eigenvalue weighted by Gasteiger charge is 2.43.